The lowest BCUT2D eigenvalue weighted by molar-refractivity contribution is -0.130. The number of benzene rings is 1. The Morgan fingerprint density at radius 1 is 1.33 bits per heavy atom. The van der Waals surface area contributed by atoms with Gasteiger partial charge in [0, 0.05) is 31.1 Å². The highest BCUT2D eigenvalue weighted by atomic mass is 16.5. The van der Waals surface area contributed by atoms with E-state index < -0.39 is 6.10 Å². The number of likely N-dealkylation sites (tertiary alicyclic amines) is 1. The summed E-state index contributed by atoms with van der Waals surface area (Å²) in [6, 6.07) is 6.61. The lowest BCUT2D eigenvalue weighted by Gasteiger charge is -2.23. The highest BCUT2D eigenvalue weighted by molar-refractivity contribution is 5.94. The largest absolute Gasteiger partial charge is 0.481 e. The Labute approximate surface area is 142 Å². The van der Waals surface area contributed by atoms with Gasteiger partial charge in [0.2, 0.25) is 5.91 Å². The molecular formula is C18H24N2O4. The van der Waals surface area contributed by atoms with Gasteiger partial charge >= 0.3 is 0 Å². The molecule has 2 amide bonds. The van der Waals surface area contributed by atoms with Gasteiger partial charge in [0.25, 0.3) is 5.91 Å². The zero-order valence-corrected chi connectivity index (χ0v) is 14.4. The van der Waals surface area contributed by atoms with Crippen molar-refractivity contribution in [3.63, 3.8) is 0 Å². The van der Waals surface area contributed by atoms with Crippen LogP contribution in [0.1, 0.15) is 44.0 Å². The molecule has 24 heavy (non-hydrogen) atoms. The first-order chi connectivity index (χ1) is 11.4. The second-order valence-corrected chi connectivity index (χ2v) is 6.20. The van der Waals surface area contributed by atoms with E-state index in [1.165, 1.54) is 6.92 Å². The summed E-state index contributed by atoms with van der Waals surface area (Å²) in [6.07, 6.45) is 0.780. The average molecular weight is 332 g/mol. The molecule has 6 heteroatoms. The van der Waals surface area contributed by atoms with E-state index in [-0.39, 0.29) is 23.6 Å². The molecule has 0 aromatic heterocycles. The second-order valence-electron chi connectivity index (χ2n) is 6.20. The number of nitrogens with zero attached hydrogens (tertiary/aromatic N) is 1. The van der Waals surface area contributed by atoms with E-state index in [1.54, 1.807) is 36.1 Å². The van der Waals surface area contributed by atoms with Gasteiger partial charge in [-0.1, -0.05) is 12.1 Å². The molecule has 1 aliphatic heterocycles. The fourth-order valence-corrected chi connectivity index (χ4v) is 2.68. The molecule has 0 unspecified atom stereocenters. The first-order valence-electron chi connectivity index (χ1n) is 8.22. The number of rotatable bonds is 7. The van der Waals surface area contributed by atoms with Crippen LogP contribution in [0.25, 0.3) is 0 Å². The molecule has 2 atom stereocenters. The Morgan fingerprint density at radius 2 is 2.08 bits per heavy atom. The Bertz CT molecular complexity index is 629. The van der Waals surface area contributed by atoms with Crippen LogP contribution in [-0.2, 0) is 9.59 Å². The van der Waals surface area contributed by atoms with Gasteiger partial charge in [-0.3, -0.25) is 14.4 Å². The number of carbonyl (C=O) groups is 3. The summed E-state index contributed by atoms with van der Waals surface area (Å²) < 4.78 is 5.61. The quantitative estimate of drug-likeness (QED) is 0.772. The molecule has 0 radical (unpaired) electrons. The van der Waals surface area contributed by atoms with Crippen LogP contribution in [0.2, 0.25) is 0 Å². The molecule has 0 bridgehead atoms. The number of hydrogen-bond donors (Lipinski definition) is 1. The Balaban J connectivity index is 1.86. The Morgan fingerprint density at radius 3 is 2.71 bits per heavy atom. The van der Waals surface area contributed by atoms with Crippen molar-refractivity contribution >= 4 is 17.6 Å². The van der Waals surface area contributed by atoms with Crippen molar-refractivity contribution in [1.82, 2.24) is 10.2 Å². The van der Waals surface area contributed by atoms with Gasteiger partial charge in [-0.15, -0.1) is 0 Å². The summed E-state index contributed by atoms with van der Waals surface area (Å²) in [7, 11) is 0. The highest BCUT2D eigenvalue weighted by Gasteiger charge is 2.24. The van der Waals surface area contributed by atoms with Crippen LogP contribution in [0.15, 0.2) is 24.3 Å². The van der Waals surface area contributed by atoms with Crippen LogP contribution < -0.4 is 10.1 Å². The molecule has 0 saturated carbocycles. The molecule has 0 spiro atoms. The maximum Gasteiger partial charge on any atom is 0.261 e. The third kappa shape index (κ3) is 4.81. The molecular weight excluding hydrogens is 308 g/mol. The normalized spacial score (nSPS) is 16.6. The van der Waals surface area contributed by atoms with Gasteiger partial charge in [0.05, 0.1) is 0 Å². The minimum absolute atomic E-state index is 0.0542. The Hall–Kier alpha value is -2.37. The van der Waals surface area contributed by atoms with E-state index in [2.05, 4.69) is 5.32 Å². The molecule has 1 N–H and O–H groups in total. The molecule has 6 nitrogen and oxygen atoms in total. The topological polar surface area (TPSA) is 75.7 Å². The minimum atomic E-state index is -0.691. The van der Waals surface area contributed by atoms with Gasteiger partial charge in [-0.05, 0) is 39.3 Å². The first-order valence-corrected chi connectivity index (χ1v) is 8.22. The number of hydrogen-bond acceptors (Lipinski definition) is 4. The molecule has 1 fully saturated rings. The van der Waals surface area contributed by atoms with Gasteiger partial charge in [0.15, 0.2) is 11.9 Å². The summed E-state index contributed by atoms with van der Waals surface area (Å²) in [6.45, 7) is 6.27. The molecule has 1 saturated heterocycles. The zero-order valence-electron chi connectivity index (χ0n) is 14.4. The second kappa shape index (κ2) is 7.95. The van der Waals surface area contributed by atoms with E-state index in [4.69, 9.17) is 4.74 Å². The third-order valence-electron chi connectivity index (χ3n) is 3.98. The smallest absolute Gasteiger partial charge is 0.261 e. The maximum atomic E-state index is 12.2. The van der Waals surface area contributed by atoms with Crippen LogP contribution in [0.3, 0.4) is 0 Å². The number of Topliss-reactive ketones (excluding diaryl/α,β-unsaturated/α-hetero) is 1. The van der Waals surface area contributed by atoms with Crippen LogP contribution in [0, 0.1) is 0 Å². The maximum absolute atomic E-state index is 12.2. The molecule has 1 aromatic carbocycles. The number of ether oxygens (including phenoxy) is 1. The molecule has 1 heterocycles. The molecule has 130 valence electrons. The van der Waals surface area contributed by atoms with E-state index >= 15 is 0 Å². The summed E-state index contributed by atoms with van der Waals surface area (Å²) in [5, 5.41) is 2.86. The Kier molecular flexibility index (Phi) is 5.95. The van der Waals surface area contributed by atoms with Crippen LogP contribution in [0.5, 0.6) is 5.75 Å². The van der Waals surface area contributed by atoms with Gasteiger partial charge in [-0.25, -0.2) is 0 Å². The monoisotopic (exact) mass is 332 g/mol. The first kappa shape index (κ1) is 18.0. The minimum Gasteiger partial charge on any atom is -0.481 e. The van der Waals surface area contributed by atoms with Crippen molar-refractivity contribution in [3.05, 3.63) is 29.8 Å². The van der Waals surface area contributed by atoms with Crippen molar-refractivity contribution < 1.29 is 19.1 Å². The van der Waals surface area contributed by atoms with Gasteiger partial charge in [0.1, 0.15) is 5.75 Å². The summed E-state index contributed by atoms with van der Waals surface area (Å²) in [4.78, 5) is 37.0. The zero-order chi connectivity index (χ0) is 17.7. The molecule has 1 aliphatic rings. The van der Waals surface area contributed by atoms with Crippen molar-refractivity contribution in [1.29, 1.82) is 0 Å². The SMILES string of the molecule is CC(=O)c1cccc(O[C@@H](C)C(=O)N[C@H](C)CN2CCCC2=O)c1. The predicted octanol–water partition coefficient (Wildman–Crippen LogP) is 1.78. The summed E-state index contributed by atoms with van der Waals surface area (Å²) in [5.41, 5.74) is 0.543. The lowest BCUT2D eigenvalue weighted by Crippen LogP contribution is -2.46. The number of amides is 2. The van der Waals surface area contributed by atoms with Crippen LogP contribution in [0.4, 0.5) is 0 Å². The predicted molar refractivity (Wildman–Crippen MR) is 90.0 cm³/mol. The standard InChI is InChI=1S/C18H24N2O4/c1-12(11-20-9-5-8-17(20)22)19-18(23)14(3)24-16-7-4-6-15(10-16)13(2)21/h4,6-7,10,12,14H,5,8-9,11H2,1-3H3,(H,19,23)/t12-,14+/m1/s1. The number of carbonyl (C=O) groups excluding carboxylic acids is 3. The van der Waals surface area contributed by atoms with Crippen molar-refractivity contribution in [2.75, 3.05) is 13.1 Å². The van der Waals surface area contributed by atoms with E-state index in [0.29, 0.717) is 24.3 Å². The van der Waals surface area contributed by atoms with Crippen molar-refractivity contribution in [3.8, 4) is 5.75 Å². The molecule has 0 aliphatic carbocycles. The lowest BCUT2D eigenvalue weighted by atomic mass is 10.1. The molecule has 2 rings (SSSR count). The van der Waals surface area contributed by atoms with Crippen LogP contribution >= 0.6 is 0 Å². The highest BCUT2D eigenvalue weighted by Crippen LogP contribution is 2.15. The fourth-order valence-electron chi connectivity index (χ4n) is 2.68. The van der Waals surface area contributed by atoms with E-state index in [0.717, 1.165) is 13.0 Å². The number of ketones is 1. The summed E-state index contributed by atoms with van der Waals surface area (Å²) >= 11 is 0. The molecule has 1 aromatic rings. The van der Waals surface area contributed by atoms with E-state index in [9.17, 15) is 14.4 Å². The van der Waals surface area contributed by atoms with Gasteiger partial charge < -0.3 is 15.0 Å². The van der Waals surface area contributed by atoms with Crippen LogP contribution in [-0.4, -0.2) is 47.7 Å². The third-order valence-corrected chi connectivity index (χ3v) is 3.98. The van der Waals surface area contributed by atoms with Crippen molar-refractivity contribution in [2.45, 2.75) is 45.8 Å². The summed E-state index contributed by atoms with van der Waals surface area (Å²) in [5.74, 6) is 0.318. The average Bonchev–Trinajstić information content (AvgIpc) is 2.92. The van der Waals surface area contributed by atoms with Crippen molar-refractivity contribution in [2.24, 2.45) is 0 Å². The fraction of sp³-hybridized carbons (Fsp3) is 0.500. The van der Waals surface area contributed by atoms with E-state index in [1.807, 2.05) is 6.92 Å². The van der Waals surface area contributed by atoms with Gasteiger partial charge in [-0.2, -0.15) is 0 Å². The number of nitrogens with one attached hydrogen (secondary N) is 1.